The van der Waals surface area contributed by atoms with E-state index in [-0.39, 0.29) is 18.9 Å². The van der Waals surface area contributed by atoms with Crippen molar-refractivity contribution in [3.05, 3.63) is 0 Å². The van der Waals surface area contributed by atoms with Crippen LogP contribution in [0.15, 0.2) is 0 Å². The molecule has 9 heavy (non-hydrogen) atoms. The fraction of sp³-hybridized carbons (Fsp3) is 0.750. The van der Waals surface area contributed by atoms with Gasteiger partial charge in [0.05, 0.1) is 18.1 Å². The van der Waals surface area contributed by atoms with E-state index in [1.165, 1.54) is 6.92 Å². The number of nitrogens with two attached hydrogens (primary N) is 1. The van der Waals surface area contributed by atoms with Crippen molar-refractivity contribution in [2.45, 2.75) is 19.1 Å². The Kier molecular flexibility index (Phi) is 6.30. The van der Waals surface area contributed by atoms with Crippen LogP contribution in [0.1, 0.15) is 6.92 Å². The summed E-state index contributed by atoms with van der Waals surface area (Å²) in [6.07, 6.45) is -1.04. The molecule has 0 rings (SSSR count). The van der Waals surface area contributed by atoms with E-state index in [4.69, 9.17) is 10.8 Å². The van der Waals surface area contributed by atoms with Crippen LogP contribution in [0.4, 0.5) is 0 Å². The summed E-state index contributed by atoms with van der Waals surface area (Å²) in [6.45, 7) is 1.29. The van der Waals surface area contributed by atoms with Gasteiger partial charge in [0.1, 0.15) is 0 Å². The molecule has 0 heterocycles. The van der Waals surface area contributed by atoms with Gasteiger partial charge in [0.2, 0.25) is 0 Å². The van der Waals surface area contributed by atoms with E-state index >= 15 is 0 Å². The summed E-state index contributed by atoms with van der Waals surface area (Å²) in [5, 5.41) is 18.2. The number of carbonyl (C=O) groups excluding carboxylic acids is 1. The normalized spacial score (nSPS) is 15.4. The summed E-state index contributed by atoms with van der Waals surface area (Å²) in [5.74, 6) is -1.43. The zero-order valence-electron chi connectivity index (χ0n) is 5.50. The largest absolute Gasteiger partial charge is 1.00 e. The molecule has 0 saturated carbocycles. The summed E-state index contributed by atoms with van der Waals surface area (Å²) in [7, 11) is 0. The molecular weight excluding hydrogens is 117 g/mol. The molecule has 0 saturated heterocycles. The monoisotopic (exact) mass is 125 g/mol. The SMILES string of the molecule is C[C@@H](O)[C@H](N)C(=O)[O-].[Li+]. The summed E-state index contributed by atoms with van der Waals surface area (Å²) >= 11 is 0. The van der Waals surface area contributed by atoms with Gasteiger partial charge in [-0.1, -0.05) is 0 Å². The molecule has 3 N–H and O–H groups in total. The minimum atomic E-state index is -1.43. The maximum atomic E-state index is 9.74. The van der Waals surface area contributed by atoms with Crippen LogP contribution in [0.2, 0.25) is 0 Å². The molecule has 0 fully saturated rings. The molecule has 5 heteroatoms. The first-order valence-corrected chi connectivity index (χ1v) is 2.20. The minimum Gasteiger partial charge on any atom is -0.548 e. The molecule has 0 aliphatic heterocycles. The molecule has 0 unspecified atom stereocenters. The fourth-order valence-electron chi connectivity index (χ4n) is 0.197. The smallest absolute Gasteiger partial charge is 0.548 e. The van der Waals surface area contributed by atoms with Gasteiger partial charge in [-0.05, 0) is 6.92 Å². The standard InChI is InChI=1S/C4H9NO3.Li/c1-2(6)3(5)4(7)8;/h2-3,6H,5H2,1H3,(H,7,8);/q;+1/p-1/t2-,3+;/m1./s1. The van der Waals surface area contributed by atoms with Crippen LogP contribution < -0.4 is 29.7 Å². The van der Waals surface area contributed by atoms with Crippen molar-refractivity contribution < 1.29 is 33.9 Å². The number of aliphatic hydroxyl groups excluding tert-OH is 1. The van der Waals surface area contributed by atoms with Crippen molar-refractivity contribution in [2.24, 2.45) is 5.73 Å². The quantitative estimate of drug-likeness (QED) is 0.360. The van der Waals surface area contributed by atoms with Crippen molar-refractivity contribution >= 4 is 5.97 Å². The van der Waals surface area contributed by atoms with Crippen LogP contribution >= 0.6 is 0 Å². The minimum absolute atomic E-state index is 0. The number of aliphatic carboxylic acids is 1. The Balaban J connectivity index is 0. The Morgan fingerprint density at radius 2 is 2.11 bits per heavy atom. The number of carboxylic acid groups (broad SMARTS) is 1. The van der Waals surface area contributed by atoms with E-state index in [1.807, 2.05) is 0 Å². The van der Waals surface area contributed by atoms with Gasteiger partial charge in [0.15, 0.2) is 0 Å². The fourth-order valence-corrected chi connectivity index (χ4v) is 0.197. The van der Waals surface area contributed by atoms with E-state index in [0.717, 1.165) is 0 Å². The third-order valence-electron chi connectivity index (χ3n) is 0.792. The van der Waals surface area contributed by atoms with Gasteiger partial charge >= 0.3 is 18.9 Å². The summed E-state index contributed by atoms with van der Waals surface area (Å²) in [6, 6.07) is -1.27. The average molecular weight is 125 g/mol. The summed E-state index contributed by atoms with van der Waals surface area (Å²) in [4.78, 5) is 9.74. The van der Waals surface area contributed by atoms with Crippen molar-refractivity contribution in [1.29, 1.82) is 0 Å². The van der Waals surface area contributed by atoms with Crippen LogP contribution in [-0.2, 0) is 4.79 Å². The van der Waals surface area contributed by atoms with Crippen LogP contribution in [0, 0.1) is 0 Å². The summed E-state index contributed by atoms with van der Waals surface area (Å²) in [5.41, 5.74) is 4.85. The first kappa shape index (κ1) is 11.7. The number of aliphatic hydroxyl groups is 1. The van der Waals surface area contributed by atoms with E-state index in [1.54, 1.807) is 0 Å². The zero-order valence-corrected chi connectivity index (χ0v) is 5.50. The average Bonchev–Trinajstić information content (AvgIpc) is 1.64. The van der Waals surface area contributed by atoms with Crippen LogP contribution in [-0.4, -0.2) is 23.2 Å². The van der Waals surface area contributed by atoms with Crippen LogP contribution in [0.5, 0.6) is 0 Å². The molecule has 0 aromatic rings. The van der Waals surface area contributed by atoms with Crippen molar-refractivity contribution in [3.63, 3.8) is 0 Å². The van der Waals surface area contributed by atoms with Gasteiger partial charge in [-0.25, -0.2) is 0 Å². The molecule has 0 aromatic carbocycles. The molecule has 2 atom stereocenters. The zero-order chi connectivity index (χ0) is 6.73. The van der Waals surface area contributed by atoms with Crippen molar-refractivity contribution in [3.8, 4) is 0 Å². The second kappa shape index (κ2) is 4.83. The van der Waals surface area contributed by atoms with Gasteiger partial charge in [-0.15, -0.1) is 0 Å². The van der Waals surface area contributed by atoms with E-state index in [0.29, 0.717) is 0 Å². The molecule has 48 valence electrons. The van der Waals surface area contributed by atoms with Gasteiger partial charge < -0.3 is 20.7 Å². The van der Waals surface area contributed by atoms with Crippen LogP contribution in [0.3, 0.4) is 0 Å². The van der Waals surface area contributed by atoms with Crippen LogP contribution in [0.25, 0.3) is 0 Å². The second-order valence-electron chi connectivity index (χ2n) is 1.59. The first-order valence-electron chi connectivity index (χ1n) is 2.20. The molecule has 0 aliphatic carbocycles. The molecule has 0 radical (unpaired) electrons. The Morgan fingerprint density at radius 3 is 2.11 bits per heavy atom. The molecule has 0 aromatic heterocycles. The first-order chi connectivity index (χ1) is 3.55. The molecule has 0 spiro atoms. The molecule has 0 aliphatic rings. The predicted molar refractivity (Wildman–Crippen MR) is 24.7 cm³/mol. The van der Waals surface area contributed by atoms with E-state index in [2.05, 4.69) is 0 Å². The van der Waals surface area contributed by atoms with Gasteiger partial charge in [0.25, 0.3) is 0 Å². The third kappa shape index (κ3) is 4.49. The molecular formula is C4H8LiNO3. The molecule has 0 bridgehead atoms. The number of carbonyl (C=O) groups is 1. The van der Waals surface area contributed by atoms with Gasteiger partial charge in [-0.2, -0.15) is 0 Å². The number of hydrogen-bond acceptors (Lipinski definition) is 4. The predicted octanol–water partition coefficient (Wildman–Crippen LogP) is -5.55. The molecule has 0 amide bonds. The molecule has 4 nitrogen and oxygen atoms in total. The third-order valence-corrected chi connectivity index (χ3v) is 0.792. The maximum absolute atomic E-state index is 9.74. The second-order valence-corrected chi connectivity index (χ2v) is 1.59. The number of hydrogen-bond donors (Lipinski definition) is 2. The Hall–Kier alpha value is -0.0126. The van der Waals surface area contributed by atoms with Crippen molar-refractivity contribution in [1.82, 2.24) is 0 Å². The van der Waals surface area contributed by atoms with E-state index in [9.17, 15) is 9.90 Å². The maximum Gasteiger partial charge on any atom is 1.00 e. The number of carboxylic acids is 1. The van der Waals surface area contributed by atoms with E-state index < -0.39 is 18.1 Å². The van der Waals surface area contributed by atoms with Gasteiger partial charge in [0, 0.05) is 0 Å². The Labute approximate surface area is 65.2 Å². The number of rotatable bonds is 2. The Morgan fingerprint density at radius 1 is 1.78 bits per heavy atom. The Bertz CT molecular complexity index is 95.8. The van der Waals surface area contributed by atoms with Gasteiger partial charge in [-0.3, -0.25) is 0 Å². The topological polar surface area (TPSA) is 86.4 Å². The van der Waals surface area contributed by atoms with Crippen molar-refractivity contribution in [2.75, 3.05) is 0 Å². The summed E-state index contributed by atoms with van der Waals surface area (Å²) < 4.78 is 0.